The van der Waals surface area contributed by atoms with Crippen molar-refractivity contribution in [2.75, 3.05) is 13.4 Å². The molecule has 1 atom stereocenters. The van der Waals surface area contributed by atoms with E-state index in [0.29, 0.717) is 51.7 Å². The van der Waals surface area contributed by atoms with Crippen LogP contribution in [0.2, 0.25) is 0 Å². The molecule has 0 spiro atoms. The average molecular weight is 662 g/mol. The van der Waals surface area contributed by atoms with Gasteiger partial charge in [0.15, 0.2) is 21.5 Å². The molecule has 46 heavy (non-hydrogen) atoms. The van der Waals surface area contributed by atoms with E-state index in [0.717, 1.165) is 23.1 Å². The first-order chi connectivity index (χ1) is 22.2. The third kappa shape index (κ3) is 5.98. The summed E-state index contributed by atoms with van der Waals surface area (Å²) in [5.41, 5.74) is 1.28. The monoisotopic (exact) mass is 661 g/mol. The highest BCUT2D eigenvalue weighted by Gasteiger charge is 2.35. The highest BCUT2D eigenvalue weighted by molar-refractivity contribution is 7.99. The summed E-state index contributed by atoms with van der Waals surface area (Å²) >= 11 is 2.08. The number of hydrogen-bond donors (Lipinski definition) is 1. The number of esters is 1. The lowest BCUT2D eigenvalue weighted by Gasteiger charge is -2.25. The number of benzene rings is 2. The molecule has 0 radical (unpaired) electrons. The second-order valence-electron chi connectivity index (χ2n) is 10.3. The summed E-state index contributed by atoms with van der Waals surface area (Å²) in [5.74, 6) is 0.478. The summed E-state index contributed by atoms with van der Waals surface area (Å²) in [6.45, 7) is 5.54. The van der Waals surface area contributed by atoms with Gasteiger partial charge < -0.3 is 19.2 Å². The van der Waals surface area contributed by atoms with E-state index >= 15 is 0 Å². The van der Waals surface area contributed by atoms with E-state index in [4.69, 9.17) is 19.2 Å². The number of aryl methyl sites for hydroxylation is 1. The Morgan fingerprint density at radius 2 is 2.00 bits per heavy atom. The van der Waals surface area contributed by atoms with Crippen LogP contribution in [0.4, 0.5) is 5.69 Å². The Kier molecular flexibility index (Phi) is 8.60. The van der Waals surface area contributed by atoms with Crippen molar-refractivity contribution in [2.24, 2.45) is 4.99 Å². The van der Waals surface area contributed by atoms with Gasteiger partial charge in [-0.2, -0.15) is 0 Å². The predicted octanol–water partition coefficient (Wildman–Crippen LogP) is 3.76. The van der Waals surface area contributed by atoms with Gasteiger partial charge in [-0.15, -0.1) is 0 Å². The maximum atomic E-state index is 14.1. The molecule has 2 aliphatic heterocycles. The maximum Gasteiger partial charge on any atom is 0.338 e. The van der Waals surface area contributed by atoms with Crippen LogP contribution >= 0.6 is 23.1 Å². The Morgan fingerprint density at radius 3 is 2.74 bits per heavy atom. The number of H-pyrrole nitrogens is 1. The predicted molar refractivity (Wildman–Crippen MR) is 169 cm³/mol. The standard InChI is InChI=1S/C31H27N5O8S2/c1-4-6-19-26(29(39)42-5-2)27(18-8-9-21-22(14-18)44-15-43-21)35-28(38)24(46-31(35)33-19)13-17-7-10-23(20(12-17)36(40)41)45-30-32-16(3)11-25(37)34-30/h7-14,27H,4-6,15H2,1-3H3,(H,32,34,37)/b24-13+/t27-/m1/s1. The lowest BCUT2D eigenvalue weighted by Crippen LogP contribution is -2.40. The minimum absolute atomic E-state index is 0.0616. The van der Waals surface area contributed by atoms with Gasteiger partial charge >= 0.3 is 5.97 Å². The largest absolute Gasteiger partial charge is 0.463 e. The van der Waals surface area contributed by atoms with Crippen molar-refractivity contribution in [3.63, 3.8) is 0 Å². The summed E-state index contributed by atoms with van der Waals surface area (Å²) in [6.07, 6.45) is 2.74. The number of fused-ring (bicyclic) bond motifs is 2. The quantitative estimate of drug-likeness (QED) is 0.121. The fraction of sp³-hybridized carbons (Fsp3) is 0.258. The number of carbonyl (C=O) groups excluding carboxylic acids is 1. The minimum atomic E-state index is -0.856. The number of nitrogens with one attached hydrogen (secondary N) is 1. The van der Waals surface area contributed by atoms with Gasteiger partial charge in [0.05, 0.1) is 38.3 Å². The van der Waals surface area contributed by atoms with Crippen LogP contribution in [0.1, 0.15) is 49.6 Å². The van der Waals surface area contributed by atoms with Crippen LogP contribution in [0.15, 0.2) is 78.4 Å². The van der Waals surface area contributed by atoms with Gasteiger partial charge in [-0.1, -0.05) is 36.8 Å². The van der Waals surface area contributed by atoms with E-state index in [1.165, 1.54) is 16.7 Å². The van der Waals surface area contributed by atoms with Gasteiger partial charge in [-0.3, -0.25) is 24.3 Å². The normalized spacial score (nSPS) is 15.5. The van der Waals surface area contributed by atoms with Crippen LogP contribution < -0.4 is 29.9 Å². The third-order valence-electron chi connectivity index (χ3n) is 7.14. The number of aromatic amines is 1. The molecule has 15 heteroatoms. The summed E-state index contributed by atoms with van der Waals surface area (Å²) in [6, 6.07) is 10.3. The fourth-order valence-corrected chi connectivity index (χ4v) is 7.17. The molecule has 0 fully saturated rings. The number of thiazole rings is 1. The van der Waals surface area contributed by atoms with E-state index in [2.05, 4.69) is 9.97 Å². The number of carbonyl (C=O) groups is 1. The van der Waals surface area contributed by atoms with Gasteiger partial charge in [0.1, 0.15) is 0 Å². The smallest absolute Gasteiger partial charge is 0.338 e. The molecular weight excluding hydrogens is 635 g/mol. The topological polar surface area (TPSA) is 168 Å². The zero-order chi connectivity index (χ0) is 32.5. The number of nitro groups is 1. The van der Waals surface area contributed by atoms with Gasteiger partial charge in [-0.25, -0.2) is 14.8 Å². The van der Waals surface area contributed by atoms with Crippen molar-refractivity contribution < 1.29 is 23.9 Å². The maximum absolute atomic E-state index is 14.1. The van der Waals surface area contributed by atoms with Gasteiger partial charge in [0.2, 0.25) is 6.79 Å². The summed E-state index contributed by atoms with van der Waals surface area (Å²) in [4.78, 5) is 63.1. The molecule has 2 aromatic heterocycles. The molecule has 1 N–H and O–H groups in total. The number of ether oxygens (including phenoxy) is 3. The van der Waals surface area contributed by atoms with Crippen LogP contribution in [-0.2, 0) is 9.53 Å². The van der Waals surface area contributed by atoms with Gasteiger partial charge in [0, 0.05) is 17.8 Å². The van der Waals surface area contributed by atoms with Crippen molar-refractivity contribution in [2.45, 2.75) is 49.7 Å². The molecule has 0 unspecified atom stereocenters. The van der Waals surface area contributed by atoms with Crippen LogP contribution in [-0.4, -0.2) is 38.8 Å². The highest BCUT2D eigenvalue weighted by Crippen LogP contribution is 2.39. The minimum Gasteiger partial charge on any atom is -0.463 e. The zero-order valence-electron chi connectivity index (χ0n) is 24.9. The molecule has 236 valence electrons. The van der Waals surface area contributed by atoms with Gasteiger partial charge in [0.25, 0.3) is 16.8 Å². The number of allylic oxidation sites excluding steroid dienone is 1. The molecule has 4 heterocycles. The van der Waals surface area contributed by atoms with E-state index in [9.17, 15) is 24.5 Å². The molecule has 2 aromatic carbocycles. The van der Waals surface area contributed by atoms with Crippen LogP contribution in [0, 0.1) is 17.0 Å². The van der Waals surface area contributed by atoms with Crippen molar-refractivity contribution in [1.29, 1.82) is 0 Å². The second-order valence-corrected chi connectivity index (χ2v) is 12.3. The first-order valence-corrected chi connectivity index (χ1v) is 16.0. The molecule has 0 saturated carbocycles. The first kappa shape index (κ1) is 31.0. The summed E-state index contributed by atoms with van der Waals surface area (Å²) in [7, 11) is 0. The van der Waals surface area contributed by atoms with Gasteiger partial charge in [-0.05, 0) is 67.4 Å². The molecule has 0 aliphatic carbocycles. The van der Waals surface area contributed by atoms with Crippen LogP contribution in [0.5, 0.6) is 11.5 Å². The molecular formula is C31H27N5O8S2. The highest BCUT2D eigenvalue weighted by atomic mass is 32.2. The molecule has 13 nitrogen and oxygen atoms in total. The Labute approximate surface area is 269 Å². The Morgan fingerprint density at radius 1 is 1.20 bits per heavy atom. The molecule has 0 amide bonds. The number of nitro benzene ring substituents is 1. The number of aromatic nitrogens is 3. The second kappa shape index (κ2) is 12.8. The van der Waals surface area contributed by atoms with Crippen molar-refractivity contribution >= 4 is 40.8 Å². The molecule has 6 rings (SSSR count). The van der Waals surface area contributed by atoms with Crippen molar-refractivity contribution in [1.82, 2.24) is 14.5 Å². The Balaban J connectivity index is 1.48. The third-order valence-corrected chi connectivity index (χ3v) is 9.07. The molecule has 0 bridgehead atoms. The number of rotatable bonds is 9. The Hall–Kier alpha value is -5.02. The molecule has 2 aliphatic rings. The van der Waals surface area contributed by atoms with E-state index < -0.39 is 22.5 Å². The van der Waals surface area contributed by atoms with Crippen molar-refractivity contribution in [3.05, 3.63) is 111 Å². The summed E-state index contributed by atoms with van der Waals surface area (Å²) < 4.78 is 18.2. The number of hydrogen-bond acceptors (Lipinski definition) is 12. The Bertz CT molecular complexity index is 2170. The SMILES string of the molecule is CCCC1=C(C(=O)OCC)[C@@H](c2ccc3c(c2)OCO3)n2c(s/c(=C/c3ccc(Sc4nc(C)cc(=O)[nH]4)c([N+](=O)[O-])c3)c2=O)=N1. The van der Waals surface area contributed by atoms with Crippen LogP contribution in [0.3, 0.4) is 0 Å². The molecule has 0 saturated heterocycles. The zero-order valence-corrected chi connectivity index (χ0v) is 26.5. The summed E-state index contributed by atoms with van der Waals surface area (Å²) in [5, 5.41) is 12.3. The molecule has 4 aromatic rings. The van der Waals surface area contributed by atoms with E-state index in [1.807, 2.05) is 6.92 Å². The fourth-order valence-electron chi connectivity index (χ4n) is 5.23. The average Bonchev–Trinajstić information content (AvgIpc) is 3.60. The lowest BCUT2D eigenvalue weighted by molar-refractivity contribution is -0.387. The van der Waals surface area contributed by atoms with Crippen molar-refractivity contribution in [3.8, 4) is 11.5 Å². The lowest BCUT2D eigenvalue weighted by atomic mass is 9.94. The van der Waals surface area contributed by atoms with E-state index in [-0.39, 0.29) is 44.8 Å². The van der Waals surface area contributed by atoms with E-state index in [1.54, 1.807) is 50.3 Å². The number of nitrogens with zero attached hydrogens (tertiary/aromatic N) is 4. The first-order valence-electron chi connectivity index (χ1n) is 14.3. The van der Waals surface area contributed by atoms with Crippen LogP contribution in [0.25, 0.3) is 6.08 Å².